The average molecular weight is 397 g/mol. The lowest BCUT2D eigenvalue weighted by atomic mass is 9.86. The number of likely N-dealkylation sites (tertiary alicyclic amines) is 1. The zero-order valence-electron chi connectivity index (χ0n) is 17.4. The second-order valence-electron chi connectivity index (χ2n) is 8.71. The molecule has 0 unspecified atom stereocenters. The fourth-order valence-electron chi connectivity index (χ4n) is 4.74. The van der Waals surface area contributed by atoms with Crippen LogP contribution in [0.3, 0.4) is 0 Å². The summed E-state index contributed by atoms with van der Waals surface area (Å²) in [5, 5.41) is 3.76. The van der Waals surface area contributed by atoms with Crippen LogP contribution in [0.5, 0.6) is 0 Å². The third-order valence-electron chi connectivity index (χ3n) is 6.51. The molecule has 2 fully saturated rings. The molecule has 1 saturated heterocycles. The van der Waals surface area contributed by atoms with Gasteiger partial charge in [-0.05, 0) is 56.8 Å². The minimum absolute atomic E-state index is 0.0447. The first kappa shape index (κ1) is 20.1. The molecule has 4 rings (SSSR count). The maximum atomic E-state index is 13.2. The molecule has 1 N–H and O–H groups in total. The summed E-state index contributed by atoms with van der Waals surface area (Å²) in [5.41, 5.74) is 0.594. The van der Waals surface area contributed by atoms with Crippen molar-refractivity contribution in [1.82, 2.24) is 19.8 Å². The summed E-state index contributed by atoms with van der Waals surface area (Å²) < 4.78 is 1.60. The van der Waals surface area contributed by atoms with Crippen LogP contribution in [0.2, 0.25) is 0 Å². The van der Waals surface area contributed by atoms with Crippen LogP contribution in [0.1, 0.15) is 57.7 Å². The van der Waals surface area contributed by atoms with E-state index in [2.05, 4.69) is 17.1 Å². The van der Waals surface area contributed by atoms with E-state index in [4.69, 9.17) is 4.98 Å². The summed E-state index contributed by atoms with van der Waals surface area (Å²) in [5.74, 6) is 1.11. The van der Waals surface area contributed by atoms with Crippen molar-refractivity contribution in [3.05, 3.63) is 40.4 Å². The van der Waals surface area contributed by atoms with Gasteiger partial charge in [-0.3, -0.25) is 19.1 Å². The fourth-order valence-corrected chi connectivity index (χ4v) is 4.74. The van der Waals surface area contributed by atoms with E-state index in [1.54, 1.807) is 10.6 Å². The van der Waals surface area contributed by atoms with Crippen molar-refractivity contribution < 1.29 is 4.79 Å². The van der Waals surface area contributed by atoms with Crippen molar-refractivity contribution in [2.45, 2.75) is 71.0 Å². The number of aromatic nitrogens is 2. The third-order valence-corrected chi connectivity index (χ3v) is 6.51. The number of hydrogen-bond donors (Lipinski definition) is 1. The van der Waals surface area contributed by atoms with Gasteiger partial charge in [0.05, 0.1) is 17.4 Å². The van der Waals surface area contributed by atoms with Crippen molar-refractivity contribution in [2.24, 2.45) is 5.92 Å². The van der Waals surface area contributed by atoms with E-state index in [1.165, 1.54) is 25.7 Å². The van der Waals surface area contributed by atoms with Crippen LogP contribution in [-0.4, -0.2) is 39.5 Å². The molecule has 1 saturated carbocycles. The molecule has 1 aliphatic heterocycles. The zero-order valence-corrected chi connectivity index (χ0v) is 17.4. The highest BCUT2D eigenvalue weighted by Gasteiger charge is 2.24. The molecule has 156 valence electrons. The van der Waals surface area contributed by atoms with E-state index in [0.717, 1.165) is 32.4 Å². The van der Waals surface area contributed by atoms with Gasteiger partial charge in [-0.25, -0.2) is 4.98 Å². The number of piperidine rings is 1. The predicted molar refractivity (Wildman–Crippen MR) is 115 cm³/mol. The summed E-state index contributed by atoms with van der Waals surface area (Å²) in [6.45, 7) is 4.91. The molecule has 2 atom stereocenters. The van der Waals surface area contributed by atoms with E-state index < -0.39 is 0 Å². The normalized spacial score (nSPS) is 23.2. The van der Waals surface area contributed by atoms with E-state index in [9.17, 15) is 9.59 Å². The highest BCUT2D eigenvalue weighted by atomic mass is 16.2. The molecule has 29 heavy (non-hydrogen) atoms. The van der Waals surface area contributed by atoms with Gasteiger partial charge in [0.25, 0.3) is 5.56 Å². The minimum atomic E-state index is -0.116. The van der Waals surface area contributed by atoms with Gasteiger partial charge in [0.2, 0.25) is 5.91 Å². The molecule has 0 radical (unpaired) electrons. The summed E-state index contributed by atoms with van der Waals surface area (Å²) in [6.07, 6.45) is 8.20. The maximum Gasteiger partial charge on any atom is 0.261 e. The lowest BCUT2D eigenvalue weighted by molar-refractivity contribution is -0.123. The number of nitrogens with zero attached hydrogens (tertiary/aromatic N) is 3. The Hall–Kier alpha value is -2.21. The molecule has 0 bridgehead atoms. The van der Waals surface area contributed by atoms with Crippen molar-refractivity contribution in [1.29, 1.82) is 0 Å². The number of carbonyl (C=O) groups excluding carboxylic acids is 1. The molecule has 1 amide bonds. The van der Waals surface area contributed by atoms with Crippen molar-refractivity contribution in [3.8, 4) is 0 Å². The number of benzene rings is 1. The topological polar surface area (TPSA) is 67.2 Å². The Morgan fingerprint density at radius 2 is 1.86 bits per heavy atom. The highest BCUT2D eigenvalue weighted by Crippen LogP contribution is 2.23. The van der Waals surface area contributed by atoms with Crippen LogP contribution in [-0.2, 0) is 17.9 Å². The van der Waals surface area contributed by atoms with Crippen LogP contribution >= 0.6 is 0 Å². The van der Waals surface area contributed by atoms with Crippen molar-refractivity contribution >= 4 is 16.8 Å². The molecule has 1 aliphatic carbocycles. The molecular weight excluding hydrogens is 364 g/mol. The molecule has 6 heteroatoms. The first-order valence-corrected chi connectivity index (χ1v) is 11.1. The fraction of sp³-hybridized carbons (Fsp3) is 0.609. The second kappa shape index (κ2) is 9.08. The van der Waals surface area contributed by atoms with Gasteiger partial charge in [0.15, 0.2) is 0 Å². The standard InChI is InChI=1S/C23H32N4O2/c1-17-9-3-5-11-19(17)25-22(28)16-27-21(15-26-13-7-2-8-14-26)24-20-12-6-4-10-18(20)23(27)29/h4,6,10,12,17,19H,2-3,5,7-9,11,13-16H2,1H3,(H,25,28)/t17-,19+/m1/s1. The predicted octanol–water partition coefficient (Wildman–Crippen LogP) is 3.08. The van der Waals surface area contributed by atoms with Crippen LogP contribution in [0.15, 0.2) is 29.1 Å². The number of amides is 1. The van der Waals surface area contributed by atoms with Crippen LogP contribution < -0.4 is 10.9 Å². The Labute approximate surface area is 172 Å². The van der Waals surface area contributed by atoms with E-state index in [1.807, 2.05) is 18.2 Å². The first-order chi connectivity index (χ1) is 14.1. The Kier molecular flexibility index (Phi) is 6.28. The smallest absolute Gasteiger partial charge is 0.261 e. The second-order valence-corrected chi connectivity index (χ2v) is 8.71. The first-order valence-electron chi connectivity index (χ1n) is 11.1. The quantitative estimate of drug-likeness (QED) is 0.843. The molecular formula is C23H32N4O2. The SMILES string of the molecule is C[C@@H]1CCCC[C@@H]1NC(=O)Cn1c(CN2CCCCC2)nc2ccccc2c1=O. The number of carbonyl (C=O) groups is 1. The molecule has 1 aromatic heterocycles. The number of hydrogen-bond acceptors (Lipinski definition) is 4. The van der Waals surface area contributed by atoms with Crippen LogP contribution in [0.25, 0.3) is 10.9 Å². The van der Waals surface area contributed by atoms with Gasteiger partial charge in [-0.1, -0.05) is 38.3 Å². The Morgan fingerprint density at radius 1 is 1.10 bits per heavy atom. The van der Waals surface area contributed by atoms with Crippen LogP contribution in [0.4, 0.5) is 0 Å². The van der Waals surface area contributed by atoms with E-state index in [-0.39, 0.29) is 24.1 Å². The highest BCUT2D eigenvalue weighted by molar-refractivity contribution is 5.79. The van der Waals surface area contributed by atoms with Gasteiger partial charge in [-0.2, -0.15) is 0 Å². The van der Waals surface area contributed by atoms with E-state index >= 15 is 0 Å². The Bertz CT molecular complexity index is 917. The Morgan fingerprint density at radius 3 is 2.66 bits per heavy atom. The van der Waals surface area contributed by atoms with Gasteiger partial charge in [0, 0.05) is 6.04 Å². The molecule has 6 nitrogen and oxygen atoms in total. The molecule has 2 aliphatic rings. The third kappa shape index (κ3) is 4.69. The number of nitrogens with one attached hydrogen (secondary N) is 1. The molecule has 2 heterocycles. The number of fused-ring (bicyclic) bond motifs is 1. The van der Waals surface area contributed by atoms with Gasteiger partial charge >= 0.3 is 0 Å². The van der Waals surface area contributed by atoms with E-state index in [0.29, 0.717) is 29.2 Å². The Balaban J connectivity index is 1.60. The molecule has 0 spiro atoms. The zero-order chi connectivity index (χ0) is 20.2. The molecule has 1 aromatic carbocycles. The number of para-hydroxylation sites is 1. The lowest BCUT2D eigenvalue weighted by Gasteiger charge is -2.30. The van der Waals surface area contributed by atoms with Crippen LogP contribution in [0, 0.1) is 5.92 Å². The summed E-state index contributed by atoms with van der Waals surface area (Å²) in [6, 6.07) is 7.65. The number of rotatable bonds is 5. The molecule has 2 aromatic rings. The summed E-state index contributed by atoms with van der Waals surface area (Å²) in [7, 11) is 0. The van der Waals surface area contributed by atoms with Gasteiger partial charge in [0.1, 0.15) is 12.4 Å². The van der Waals surface area contributed by atoms with Gasteiger partial charge < -0.3 is 5.32 Å². The van der Waals surface area contributed by atoms with Gasteiger partial charge in [-0.15, -0.1) is 0 Å². The lowest BCUT2D eigenvalue weighted by Crippen LogP contribution is -2.44. The summed E-state index contributed by atoms with van der Waals surface area (Å²) >= 11 is 0. The maximum absolute atomic E-state index is 13.2. The summed E-state index contributed by atoms with van der Waals surface area (Å²) in [4.78, 5) is 33.2. The van der Waals surface area contributed by atoms with Crippen molar-refractivity contribution in [3.63, 3.8) is 0 Å². The minimum Gasteiger partial charge on any atom is -0.352 e. The monoisotopic (exact) mass is 396 g/mol. The van der Waals surface area contributed by atoms with Crippen molar-refractivity contribution in [2.75, 3.05) is 13.1 Å². The largest absolute Gasteiger partial charge is 0.352 e. The average Bonchev–Trinajstić information content (AvgIpc) is 2.73.